The number of fused-ring (bicyclic) bond motifs is 2. The first-order chi connectivity index (χ1) is 12.1. The van der Waals surface area contributed by atoms with E-state index in [2.05, 4.69) is 16.4 Å². The number of nitrogens with one attached hydrogen (secondary N) is 1. The molecule has 0 fully saturated rings. The molecule has 1 aliphatic rings. The summed E-state index contributed by atoms with van der Waals surface area (Å²) in [4.78, 5) is 19.6. The monoisotopic (exact) mass is 368 g/mol. The summed E-state index contributed by atoms with van der Waals surface area (Å²) in [7, 11) is 0. The van der Waals surface area contributed by atoms with Crippen LogP contribution in [0.5, 0.6) is 0 Å². The average Bonchev–Trinajstić information content (AvgIpc) is 3.11. The number of pyridine rings is 1. The molecular formula is C18H16N4OS2. The van der Waals surface area contributed by atoms with Gasteiger partial charge in [-0.25, -0.2) is 4.98 Å². The van der Waals surface area contributed by atoms with Crippen LogP contribution in [0.15, 0.2) is 12.1 Å². The Morgan fingerprint density at radius 2 is 2.12 bits per heavy atom. The molecule has 0 spiro atoms. The fourth-order valence-corrected chi connectivity index (χ4v) is 5.46. The predicted octanol–water partition coefficient (Wildman–Crippen LogP) is 4.25. The quantitative estimate of drug-likeness (QED) is 0.707. The minimum atomic E-state index is -0.270. The Labute approximate surface area is 153 Å². The Morgan fingerprint density at radius 1 is 1.32 bits per heavy atom. The molecule has 25 heavy (non-hydrogen) atoms. The Hall–Kier alpha value is -2.43. The molecule has 1 aliphatic carbocycles. The van der Waals surface area contributed by atoms with Crippen LogP contribution in [0.4, 0.5) is 10.7 Å². The smallest absolute Gasteiger partial charge is 0.268 e. The lowest BCUT2D eigenvalue weighted by Crippen LogP contribution is -2.12. The summed E-state index contributed by atoms with van der Waals surface area (Å²) in [5, 5.41) is 13.9. The highest BCUT2D eigenvalue weighted by Crippen LogP contribution is 2.39. The van der Waals surface area contributed by atoms with Crippen molar-refractivity contribution in [3.8, 4) is 6.07 Å². The number of nitriles is 1. The van der Waals surface area contributed by atoms with Crippen LogP contribution in [0.3, 0.4) is 0 Å². The first-order valence-corrected chi connectivity index (χ1v) is 9.73. The molecular weight excluding hydrogens is 352 g/mol. The van der Waals surface area contributed by atoms with Crippen molar-refractivity contribution in [1.82, 2.24) is 4.98 Å². The van der Waals surface area contributed by atoms with E-state index in [0.29, 0.717) is 21.1 Å². The van der Waals surface area contributed by atoms with Gasteiger partial charge in [0.25, 0.3) is 5.91 Å². The Balaban J connectivity index is 1.70. The van der Waals surface area contributed by atoms with Crippen molar-refractivity contribution in [2.75, 3.05) is 11.1 Å². The van der Waals surface area contributed by atoms with Crippen LogP contribution in [0.25, 0.3) is 10.2 Å². The number of amides is 1. The number of carbonyl (C=O) groups excluding carboxylic acids is 1. The van der Waals surface area contributed by atoms with E-state index in [1.807, 2.05) is 19.1 Å². The van der Waals surface area contributed by atoms with Gasteiger partial charge in [-0.05, 0) is 50.3 Å². The van der Waals surface area contributed by atoms with Crippen molar-refractivity contribution >= 4 is 49.5 Å². The van der Waals surface area contributed by atoms with E-state index in [4.69, 9.17) is 5.73 Å². The highest BCUT2D eigenvalue weighted by molar-refractivity contribution is 7.21. The van der Waals surface area contributed by atoms with Crippen LogP contribution in [-0.4, -0.2) is 10.9 Å². The zero-order valence-electron chi connectivity index (χ0n) is 13.7. The number of anilines is 2. The number of nitrogens with two attached hydrogens (primary N) is 1. The lowest BCUT2D eigenvalue weighted by atomic mass is 9.96. The number of hydrogen-bond donors (Lipinski definition) is 2. The molecule has 3 heterocycles. The van der Waals surface area contributed by atoms with Crippen molar-refractivity contribution in [2.24, 2.45) is 0 Å². The number of thiophene rings is 2. The third-order valence-electron chi connectivity index (χ3n) is 4.45. The third-order valence-corrected chi connectivity index (χ3v) is 6.77. The van der Waals surface area contributed by atoms with Gasteiger partial charge in [0.05, 0.1) is 11.3 Å². The van der Waals surface area contributed by atoms with Gasteiger partial charge in [-0.2, -0.15) is 5.26 Å². The minimum Gasteiger partial charge on any atom is -0.397 e. The number of nitrogen functional groups attached to an aromatic ring is 1. The minimum absolute atomic E-state index is 0.270. The van der Waals surface area contributed by atoms with E-state index in [1.165, 1.54) is 27.6 Å². The van der Waals surface area contributed by atoms with Gasteiger partial charge < -0.3 is 11.1 Å². The van der Waals surface area contributed by atoms with Gasteiger partial charge in [0.2, 0.25) is 0 Å². The summed E-state index contributed by atoms with van der Waals surface area (Å²) < 4.78 is 0. The summed E-state index contributed by atoms with van der Waals surface area (Å²) >= 11 is 2.81. The Bertz CT molecular complexity index is 1040. The van der Waals surface area contributed by atoms with Gasteiger partial charge in [-0.1, -0.05) is 0 Å². The van der Waals surface area contributed by atoms with Crippen LogP contribution >= 0.6 is 22.7 Å². The summed E-state index contributed by atoms with van der Waals surface area (Å²) in [6.07, 6.45) is 4.14. The second-order valence-electron chi connectivity index (χ2n) is 6.13. The molecule has 0 saturated carbocycles. The van der Waals surface area contributed by atoms with Gasteiger partial charge in [-0.15, -0.1) is 22.7 Å². The molecule has 0 aromatic carbocycles. The van der Waals surface area contributed by atoms with Crippen molar-refractivity contribution in [1.29, 1.82) is 5.26 Å². The molecule has 0 aliphatic heterocycles. The van der Waals surface area contributed by atoms with E-state index in [9.17, 15) is 10.1 Å². The van der Waals surface area contributed by atoms with E-state index < -0.39 is 0 Å². The van der Waals surface area contributed by atoms with E-state index in [-0.39, 0.29) is 5.91 Å². The zero-order valence-corrected chi connectivity index (χ0v) is 15.3. The second-order valence-corrected chi connectivity index (χ2v) is 8.24. The maximum atomic E-state index is 12.8. The number of rotatable bonds is 2. The van der Waals surface area contributed by atoms with E-state index >= 15 is 0 Å². The molecule has 7 heteroatoms. The molecule has 0 radical (unpaired) electrons. The first kappa shape index (κ1) is 16.1. The van der Waals surface area contributed by atoms with Gasteiger partial charge >= 0.3 is 0 Å². The molecule has 1 amide bonds. The number of carbonyl (C=O) groups is 1. The summed E-state index contributed by atoms with van der Waals surface area (Å²) in [5.41, 5.74) is 9.22. The molecule has 5 nitrogen and oxygen atoms in total. The van der Waals surface area contributed by atoms with Gasteiger partial charge in [0, 0.05) is 16.0 Å². The van der Waals surface area contributed by atoms with Crippen LogP contribution in [0, 0.1) is 18.3 Å². The molecule has 126 valence electrons. The fourth-order valence-electron chi connectivity index (χ4n) is 3.19. The summed E-state index contributed by atoms with van der Waals surface area (Å²) in [5.74, 6) is -0.270. The van der Waals surface area contributed by atoms with Crippen LogP contribution < -0.4 is 11.1 Å². The van der Waals surface area contributed by atoms with Crippen molar-refractivity contribution in [3.63, 3.8) is 0 Å². The lowest BCUT2D eigenvalue weighted by molar-refractivity contribution is 0.103. The van der Waals surface area contributed by atoms with Crippen LogP contribution in [0.2, 0.25) is 0 Å². The van der Waals surface area contributed by atoms with Gasteiger partial charge in [0.15, 0.2) is 0 Å². The van der Waals surface area contributed by atoms with E-state index in [1.54, 1.807) is 0 Å². The number of nitrogens with zero attached hydrogens (tertiary/aromatic N) is 2. The lowest BCUT2D eigenvalue weighted by Gasteiger charge is -2.09. The highest BCUT2D eigenvalue weighted by Gasteiger charge is 2.24. The second kappa shape index (κ2) is 6.14. The number of aromatic nitrogens is 1. The highest BCUT2D eigenvalue weighted by atomic mass is 32.1. The Kier molecular flexibility index (Phi) is 3.94. The van der Waals surface area contributed by atoms with E-state index in [0.717, 1.165) is 47.2 Å². The number of hydrogen-bond acceptors (Lipinski definition) is 6. The SMILES string of the molecule is Cc1ccc2c(N)c(C(=O)Nc3sc4c(c3C#N)CCCC4)sc2n1. The largest absolute Gasteiger partial charge is 0.397 e. The molecule has 0 unspecified atom stereocenters. The normalized spacial score (nSPS) is 13.4. The standard InChI is InChI=1S/C18H16N4OS2/c1-9-6-7-11-14(20)15(25-17(11)21-9)16(23)22-18-12(8-19)10-4-2-3-5-13(10)24-18/h6-7H,2-5,20H2,1H3,(H,22,23). The third kappa shape index (κ3) is 2.68. The van der Waals surface area contributed by atoms with Crippen molar-refractivity contribution in [2.45, 2.75) is 32.6 Å². The van der Waals surface area contributed by atoms with Crippen molar-refractivity contribution < 1.29 is 4.79 Å². The summed E-state index contributed by atoms with van der Waals surface area (Å²) in [6.45, 7) is 1.91. The molecule has 3 aromatic heterocycles. The van der Waals surface area contributed by atoms with Gasteiger partial charge in [-0.3, -0.25) is 4.79 Å². The van der Waals surface area contributed by atoms with Crippen molar-refractivity contribution in [3.05, 3.63) is 38.7 Å². The zero-order chi connectivity index (χ0) is 17.6. The maximum absolute atomic E-state index is 12.8. The van der Waals surface area contributed by atoms with Crippen LogP contribution in [0.1, 0.15) is 44.2 Å². The molecule has 0 atom stereocenters. The molecule has 3 N–H and O–H groups in total. The average molecular weight is 368 g/mol. The van der Waals surface area contributed by atoms with Gasteiger partial charge in [0.1, 0.15) is 20.8 Å². The molecule has 0 saturated heterocycles. The maximum Gasteiger partial charge on any atom is 0.268 e. The van der Waals surface area contributed by atoms with Crippen LogP contribution in [-0.2, 0) is 12.8 Å². The first-order valence-electron chi connectivity index (χ1n) is 8.10. The molecule has 0 bridgehead atoms. The molecule has 3 aromatic rings. The summed E-state index contributed by atoms with van der Waals surface area (Å²) in [6, 6.07) is 6.04. The fraction of sp³-hybridized carbons (Fsp3) is 0.278. The predicted molar refractivity (Wildman–Crippen MR) is 102 cm³/mol. The number of aryl methyl sites for hydroxylation is 2. The topological polar surface area (TPSA) is 91.8 Å². The Morgan fingerprint density at radius 3 is 2.92 bits per heavy atom. The molecule has 4 rings (SSSR count).